The van der Waals surface area contributed by atoms with Crippen molar-refractivity contribution in [3.8, 4) is 0 Å². The van der Waals surface area contributed by atoms with Crippen LogP contribution in [0.3, 0.4) is 0 Å². The van der Waals surface area contributed by atoms with Gasteiger partial charge in [-0.3, -0.25) is 0 Å². The highest BCUT2D eigenvalue weighted by Gasteiger charge is 2.09. The number of anilines is 2. The lowest BCUT2D eigenvalue weighted by Gasteiger charge is -2.02. The third-order valence-electron chi connectivity index (χ3n) is 2.72. The van der Waals surface area contributed by atoms with Gasteiger partial charge in [0.25, 0.3) is 0 Å². The second-order valence-corrected chi connectivity index (χ2v) is 5.14. The van der Waals surface area contributed by atoms with E-state index in [1.807, 2.05) is 0 Å². The first-order chi connectivity index (χ1) is 11.3. The summed E-state index contributed by atoms with van der Waals surface area (Å²) in [6.45, 7) is 0. The zero-order valence-corrected chi connectivity index (χ0v) is 14.2. The molecule has 0 aliphatic heterocycles. The van der Waals surface area contributed by atoms with E-state index in [1.165, 1.54) is 32.4 Å². The molecule has 0 heterocycles. The SMILES string of the molecule is COC(=O)c1cc(Br)ccc1N.[2H]c1ccc(N)c(C(=O)OC)c1. The van der Waals surface area contributed by atoms with Crippen LogP contribution in [0, 0.1) is 0 Å². The molecule has 2 aromatic rings. The van der Waals surface area contributed by atoms with Gasteiger partial charge in [-0.1, -0.05) is 28.0 Å². The summed E-state index contributed by atoms with van der Waals surface area (Å²) in [4.78, 5) is 22.1. The predicted molar refractivity (Wildman–Crippen MR) is 92.1 cm³/mol. The van der Waals surface area contributed by atoms with Crippen molar-refractivity contribution in [1.29, 1.82) is 0 Å². The molecule has 0 bridgehead atoms. The summed E-state index contributed by atoms with van der Waals surface area (Å²) in [6, 6.07) is 9.68. The number of carbonyl (C=O) groups is 2. The molecule has 0 amide bonds. The topological polar surface area (TPSA) is 105 Å². The third-order valence-corrected chi connectivity index (χ3v) is 3.22. The summed E-state index contributed by atoms with van der Waals surface area (Å²) in [7, 11) is 2.60. The standard InChI is InChI=1S/C8H8BrNO2.C8H9NO2/c1-12-8(11)6-4-5(9)2-3-7(6)10;1-11-8(10)6-4-2-3-5-7(6)9/h2-4H,10H2,1H3;2-5H,9H2,1H3/i;2D. The van der Waals surface area contributed by atoms with E-state index in [0.29, 0.717) is 16.9 Å². The van der Waals surface area contributed by atoms with Crippen LogP contribution in [0.25, 0.3) is 0 Å². The van der Waals surface area contributed by atoms with Crippen molar-refractivity contribution in [2.24, 2.45) is 0 Å². The zero-order valence-electron chi connectivity index (χ0n) is 13.6. The molecule has 2 aromatic carbocycles. The zero-order chi connectivity index (χ0) is 18.3. The van der Waals surface area contributed by atoms with Crippen molar-refractivity contribution in [2.45, 2.75) is 0 Å². The molecule has 0 atom stereocenters. The van der Waals surface area contributed by atoms with Gasteiger partial charge in [-0.25, -0.2) is 9.59 Å². The van der Waals surface area contributed by atoms with Gasteiger partial charge in [0.05, 0.1) is 26.7 Å². The summed E-state index contributed by atoms with van der Waals surface area (Å²) >= 11 is 3.23. The first-order valence-electron chi connectivity index (χ1n) is 6.88. The van der Waals surface area contributed by atoms with Crippen molar-refractivity contribution < 1.29 is 20.4 Å². The maximum absolute atomic E-state index is 11.1. The molecule has 0 fully saturated rings. The van der Waals surface area contributed by atoms with Gasteiger partial charge in [0.1, 0.15) is 0 Å². The van der Waals surface area contributed by atoms with Crippen molar-refractivity contribution >= 4 is 39.2 Å². The van der Waals surface area contributed by atoms with E-state index in [9.17, 15) is 9.59 Å². The largest absolute Gasteiger partial charge is 0.465 e. The number of ether oxygens (including phenoxy) is 2. The van der Waals surface area contributed by atoms with Crippen LogP contribution in [0.4, 0.5) is 11.4 Å². The van der Waals surface area contributed by atoms with Crippen molar-refractivity contribution in [3.63, 3.8) is 0 Å². The van der Waals surface area contributed by atoms with E-state index >= 15 is 0 Å². The number of nitrogens with two attached hydrogens (primary N) is 2. The molecule has 0 aliphatic rings. The fourth-order valence-electron chi connectivity index (χ4n) is 1.54. The molecule has 122 valence electrons. The molecule has 7 heteroatoms. The van der Waals surface area contributed by atoms with Crippen molar-refractivity contribution in [3.05, 3.63) is 58.0 Å². The Morgan fingerprint density at radius 1 is 1.00 bits per heavy atom. The van der Waals surface area contributed by atoms with Gasteiger partial charge in [-0.05, 0) is 30.3 Å². The summed E-state index contributed by atoms with van der Waals surface area (Å²) in [5.41, 5.74) is 12.4. The average Bonchev–Trinajstić information content (AvgIpc) is 2.58. The Morgan fingerprint density at radius 2 is 1.57 bits per heavy atom. The summed E-state index contributed by atoms with van der Waals surface area (Å²) in [6.07, 6.45) is 0. The molecule has 6 nitrogen and oxygen atoms in total. The molecule has 0 saturated carbocycles. The Morgan fingerprint density at radius 3 is 2.17 bits per heavy atom. The molecule has 2 rings (SSSR count). The van der Waals surface area contributed by atoms with Gasteiger partial charge < -0.3 is 20.9 Å². The van der Waals surface area contributed by atoms with Crippen LogP contribution in [-0.2, 0) is 9.47 Å². The second kappa shape index (κ2) is 8.79. The number of rotatable bonds is 2. The summed E-state index contributed by atoms with van der Waals surface area (Å²) in [5.74, 6) is -0.935. The number of nitrogen functional groups attached to an aromatic ring is 2. The third kappa shape index (κ3) is 5.30. The van der Waals surface area contributed by atoms with E-state index in [2.05, 4.69) is 25.4 Å². The van der Waals surface area contributed by atoms with Gasteiger partial charge in [-0.2, -0.15) is 0 Å². The van der Waals surface area contributed by atoms with Crippen LogP contribution in [0.5, 0.6) is 0 Å². The van der Waals surface area contributed by atoms with Crippen molar-refractivity contribution in [1.82, 2.24) is 0 Å². The highest BCUT2D eigenvalue weighted by molar-refractivity contribution is 9.10. The lowest BCUT2D eigenvalue weighted by molar-refractivity contribution is 0.0593. The van der Waals surface area contributed by atoms with Crippen molar-refractivity contribution in [2.75, 3.05) is 25.7 Å². The van der Waals surface area contributed by atoms with Crippen LogP contribution in [-0.4, -0.2) is 26.2 Å². The van der Waals surface area contributed by atoms with Crippen LogP contribution in [0.15, 0.2) is 46.9 Å². The van der Waals surface area contributed by atoms with Gasteiger partial charge in [0.15, 0.2) is 0 Å². The lowest BCUT2D eigenvalue weighted by Crippen LogP contribution is -2.05. The molecule has 0 unspecified atom stereocenters. The monoisotopic (exact) mass is 381 g/mol. The van der Waals surface area contributed by atoms with Crippen LogP contribution < -0.4 is 11.5 Å². The number of methoxy groups -OCH3 is 2. The number of para-hydroxylation sites is 1. The molecule has 0 spiro atoms. The highest BCUT2D eigenvalue weighted by Crippen LogP contribution is 2.18. The van der Waals surface area contributed by atoms with E-state index in [1.54, 1.807) is 18.2 Å². The smallest absolute Gasteiger partial charge is 0.339 e. The van der Waals surface area contributed by atoms with E-state index in [-0.39, 0.29) is 11.6 Å². The maximum atomic E-state index is 11.1. The molecule has 23 heavy (non-hydrogen) atoms. The Labute approximate surface area is 143 Å². The number of esters is 2. The summed E-state index contributed by atoms with van der Waals surface area (Å²) < 4.78 is 17.0. The quantitative estimate of drug-likeness (QED) is 0.611. The molecule has 0 saturated heterocycles. The lowest BCUT2D eigenvalue weighted by atomic mass is 10.2. The van der Waals surface area contributed by atoms with E-state index in [0.717, 1.165) is 4.47 Å². The van der Waals surface area contributed by atoms with E-state index in [4.69, 9.17) is 12.8 Å². The fourth-order valence-corrected chi connectivity index (χ4v) is 1.91. The molecular weight excluding hydrogens is 364 g/mol. The van der Waals surface area contributed by atoms with Crippen LogP contribution in [0.1, 0.15) is 22.1 Å². The molecule has 0 radical (unpaired) electrons. The van der Waals surface area contributed by atoms with E-state index < -0.39 is 11.9 Å². The average molecular weight is 382 g/mol. The number of halogens is 1. The Kier molecular flexibility index (Phi) is 6.43. The Hall–Kier alpha value is -2.54. The van der Waals surface area contributed by atoms with Crippen LogP contribution in [0.2, 0.25) is 0 Å². The minimum atomic E-state index is -0.512. The second-order valence-electron chi connectivity index (χ2n) is 4.23. The molecule has 0 aliphatic carbocycles. The molecule has 0 aromatic heterocycles. The number of hydrogen-bond donors (Lipinski definition) is 2. The number of benzene rings is 2. The number of carbonyl (C=O) groups excluding carboxylic acids is 2. The number of hydrogen-bond acceptors (Lipinski definition) is 6. The maximum Gasteiger partial charge on any atom is 0.339 e. The summed E-state index contributed by atoms with van der Waals surface area (Å²) in [5, 5.41) is 0. The molecular formula is C16H17BrN2O4. The van der Waals surface area contributed by atoms with Gasteiger partial charge in [0.2, 0.25) is 0 Å². The molecule has 4 N–H and O–H groups in total. The Balaban J connectivity index is 0.000000240. The minimum Gasteiger partial charge on any atom is -0.465 e. The van der Waals surface area contributed by atoms with Gasteiger partial charge >= 0.3 is 11.9 Å². The first-order valence-corrected chi connectivity index (χ1v) is 7.17. The van der Waals surface area contributed by atoms with Gasteiger partial charge in [0, 0.05) is 15.8 Å². The fraction of sp³-hybridized carbons (Fsp3) is 0.125. The normalized spacial score (nSPS) is 9.96. The van der Waals surface area contributed by atoms with Crippen LogP contribution >= 0.6 is 15.9 Å². The van der Waals surface area contributed by atoms with Gasteiger partial charge in [-0.15, -0.1) is 0 Å². The first kappa shape index (κ1) is 16.8. The predicted octanol–water partition coefficient (Wildman–Crippen LogP) is 2.87. The highest BCUT2D eigenvalue weighted by atomic mass is 79.9. The Bertz CT molecular complexity index is 689. The minimum absolute atomic E-state index is 0.240.